The highest BCUT2D eigenvalue weighted by atomic mass is 16.5. The number of hydrogen-bond acceptors (Lipinski definition) is 2. The monoisotopic (exact) mass is 277 g/mol. The molecule has 0 radical (unpaired) electrons. The Balaban J connectivity index is 2.44. The van der Waals surface area contributed by atoms with Crippen molar-refractivity contribution in [1.29, 1.82) is 0 Å². The van der Waals surface area contributed by atoms with E-state index in [4.69, 9.17) is 4.74 Å². The Morgan fingerprint density at radius 3 is 2.30 bits per heavy atom. The summed E-state index contributed by atoms with van der Waals surface area (Å²) in [6.07, 6.45) is 7.54. The van der Waals surface area contributed by atoms with E-state index in [1.165, 1.54) is 37.7 Å². The minimum absolute atomic E-state index is 0.525. The summed E-state index contributed by atoms with van der Waals surface area (Å²) < 4.78 is 5.20. The van der Waals surface area contributed by atoms with Gasteiger partial charge in [-0.15, -0.1) is 0 Å². The van der Waals surface area contributed by atoms with Crippen LogP contribution in [-0.4, -0.2) is 19.2 Å². The number of benzene rings is 1. The van der Waals surface area contributed by atoms with Gasteiger partial charge in [-0.25, -0.2) is 0 Å². The highest BCUT2D eigenvalue weighted by Gasteiger charge is 2.11. The molecule has 2 heteroatoms. The Hall–Kier alpha value is -1.02. The second kappa shape index (κ2) is 9.82. The molecule has 1 aromatic carbocycles. The van der Waals surface area contributed by atoms with Crippen molar-refractivity contribution >= 4 is 0 Å². The van der Waals surface area contributed by atoms with Crippen molar-refractivity contribution in [1.82, 2.24) is 5.32 Å². The van der Waals surface area contributed by atoms with Crippen molar-refractivity contribution in [3.05, 3.63) is 29.8 Å². The van der Waals surface area contributed by atoms with Gasteiger partial charge in [0.05, 0.1) is 7.11 Å². The molecule has 0 aliphatic heterocycles. The molecule has 0 bridgehead atoms. The molecule has 1 rings (SSSR count). The molecule has 2 nitrogen and oxygen atoms in total. The number of ether oxygens (including phenoxy) is 1. The first-order valence-electron chi connectivity index (χ1n) is 8.08. The van der Waals surface area contributed by atoms with Crippen LogP contribution in [0.1, 0.15) is 58.4 Å². The van der Waals surface area contributed by atoms with Crippen LogP contribution in [0.3, 0.4) is 0 Å². The maximum atomic E-state index is 5.20. The van der Waals surface area contributed by atoms with Crippen molar-refractivity contribution in [2.24, 2.45) is 0 Å². The molecule has 2 unspecified atom stereocenters. The van der Waals surface area contributed by atoms with E-state index in [1.54, 1.807) is 7.11 Å². The highest BCUT2D eigenvalue weighted by molar-refractivity contribution is 5.27. The molecule has 0 saturated heterocycles. The fraction of sp³-hybridized carbons (Fsp3) is 0.667. The summed E-state index contributed by atoms with van der Waals surface area (Å²) in [6.45, 7) is 6.83. The summed E-state index contributed by atoms with van der Waals surface area (Å²) in [7, 11) is 1.71. The van der Waals surface area contributed by atoms with Crippen LogP contribution in [0.5, 0.6) is 5.75 Å². The maximum absolute atomic E-state index is 5.20. The average molecular weight is 277 g/mol. The summed E-state index contributed by atoms with van der Waals surface area (Å²) in [6, 6.07) is 9.62. The van der Waals surface area contributed by atoms with Crippen LogP contribution in [0.15, 0.2) is 24.3 Å². The van der Waals surface area contributed by atoms with Crippen molar-refractivity contribution in [3.63, 3.8) is 0 Å². The van der Waals surface area contributed by atoms with Gasteiger partial charge in [-0.1, -0.05) is 45.2 Å². The molecule has 0 heterocycles. The van der Waals surface area contributed by atoms with E-state index in [9.17, 15) is 0 Å². The van der Waals surface area contributed by atoms with Gasteiger partial charge in [0.2, 0.25) is 0 Å². The molecule has 114 valence electrons. The summed E-state index contributed by atoms with van der Waals surface area (Å²) in [5, 5.41) is 3.80. The van der Waals surface area contributed by atoms with E-state index in [0.717, 1.165) is 12.2 Å². The Labute approximate surface area is 124 Å². The standard InChI is InChI=1S/C18H31NO/c1-5-7-9-17(8-6-2)19-15(3)14-16-10-12-18(20-4)13-11-16/h10-13,15,17,19H,5-9,14H2,1-4H3. The SMILES string of the molecule is CCCCC(CCC)NC(C)Cc1ccc(OC)cc1. The minimum atomic E-state index is 0.525. The molecule has 0 aliphatic carbocycles. The largest absolute Gasteiger partial charge is 0.497 e. The molecule has 2 atom stereocenters. The first kappa shape index (κ1) is 17.0. The third-order valence-corrected chi connectivity index (χ3v) is 3.76. The van der Waals surface area contributed by atoms with Crippen LogP contribution in [0.25, 0.3) is 0 Å². The molecular formula is C18H31NO. The van der Waals surface area contributed by atoms with Gasteiger partial charge in [0.1, 0.15) is 5.75 Å². The van der Waals surface area contributed by atoms with E-state index >= 15 is 0 Å². The van der Waals surface area contributed by atoms with E-state index in [0.29, 0.717) is 12.1 Å². The van der Waals surface area contributed by atoms with E-state index < -0.39 is 0 Å². The van der Waals surface area contributed by atoms with Gasteiger partial charge in [-0.05, 0) is 43.9 Å². The predicted molar refractivity (Wildman–Crippen MR) is 87.5 cm³/mol. The molecule has 0 aliphatic rings. The zero-order chi connectivity index (χ0) is 14.8. The second-order valence-electron chi connectivity index (χ2n) is 5.75. The summed E-state index contributed by atoms with van der Waals surface area (Å²) >= 11 is 0. The third-order valence-electron chi connectivity index (χ3n) is 3.76. The smallest absolute Gasteiger partial charge is 0.118 e. The van der Waals surface area contributed by atoms with Crippen molar-refractivity contribution in [2.75, 3.05) is 7.11 Å². The Morgan fingerprint density at radius 2 is 1.75 bits per heavy atom. The highest BCUT2D eigenvalue weighted by Crippen LogP contribution is 2.14. The van der Waals surface area contributed by atoms with E-state index in [1.807, 2.05) is 12.1 Å². The fourth-order valence-corrected chi connectivity index (χ4v) is 2.69. The number of unbranched alkanes of at least 4 members (excludes halogenated alkanes) is 1. The fourth-order valence-electron chi connectivity index (χ4n) is 2.69. The van der Waals surface area contributed by atoms with Gasteiger partial charge in [0.25, 0.3) is 0 Å². The van der Waals surface area contributed by atoms with Gasteiger partial charge in [-0.2, -0.15) is 0 Å². The van der Waals surface area contributed by atoms with Crippen LogP contribution in [0.4, 0.5) is 0 Å². The number of hydrogen-bond donors (Lipinski definition) is 1. The zero-order valence-corrected chi connectivity index (χ0v) is 13.6. The molecular weight excluding hydrogens is 246 g/mol. The first-order valence-corrected chi connectivity index (χ1v) is 8.08. The number of nitrogens with one attached hydrogen (secondary N) is 1. The summed E-state index contributed by atoms with van der Waals surface area (Å²) in [5.74, 6) is 0.932. The van der Waals surface area contributed by atoms with Crippen LogP contribution < -0.4 is 10.1 Å². The van der Waals surface area contributed by atoms with E-state index in [-0.39, 0.29) is 0 Å². The second-order valence-corrected chi connectivity index (χ2v) is 5.75. The molecule has 1 aromatic rings. The van der Waals surface area contributed by atoms with Crippen molar-refractivity contribution in [3.8, 4) is 5.75 Å². The quantitative estimate of drug-likeness (QED) is 0.676. The van der Waals surface area contributed by atoms with Crippen LogP contribution in [0.2, 0.25) is 0 Å². The lowest BCUT2D eigenvalue weighted by molar-refractivity contribution is 0.389. The van der Waals surface area contributed by atoms with E-state index in [2.05, 4.69) is 38.2 Å². The topological polar surface area (TPSA) is 21.3 Å². The van der Waals surface area contributed by atoms with Crippen molar-refractivity contribution < 1.29 is 4.74 Å². The van der Waals surface area contributed by atoms with Gasteiger partial charge >= 0.3 is 0 Å². The molecule has 0 fully saturated rings. The Bertz CT molecular complexity index is 347. The molecule has 0 spiro atoms. The first-order chi connectivity index (χ1) is 9.69. The lowest BCUT2D eigenvalue weighted by Crippen LogP contribution is -2.37. The summed E-state index contributed by atoms with van der Waals surface area (Å²) in [4.78, 5) is 0. The number of rotatable bonds is 10. The maximum Gasteiger partial charge on any atom is 0.118 e. The molecule has 1 N–H and O–H groups in total. The van der Waals surface area contributed by atoms with Crippen LogP contribution >= 0.6 is 0 Å². The lowest BCUT2D eigenvalue weighted by Gasteiger charge is -2.23. The zero-order valence-electron chi connectivity index (χ0n) is 13.6. The average Bonchev–Trinajstić information content (AvgIpc) is 2.45. The Morgan fingerprint density at radius 1 is 1.05 bits per heavy atom. The molecule has 0 saturated carbocycles. The van der Waals surface area contributed by atoms with Crippen LogP contribution in [0, 0.1) is 0 Å². The van der Waals surface area contributed by atoms with Gasteiger partial charge in [0.15, 0.2) is 0 Å². The minimum Gasteiger partial charge on any atom is -0.497 e. The lowest BCUT2D eigenvalue weighted by atomic mass is 10.0. The van der Waals surface area contributed by atoms with Gasteiger partial charge in [-0.3, -0.25) is 0 Å². The third kappa shape index (κ3) is 6.42. The van der Waals surface area contributed by atoms with Crippen LogP contribution in [-0.2, 0) is 6.42 Å². The molecule has 0 amide bonds. The summed E-state index contributed by atoms with van der Waals surface area (Å²) in [5.41, 5.74) is 1.37. The van der Waals surface area contributed by atoms with Gasteiger partial charge in [0, 0.05) is 12.1 Å². The predicted octanol–water partition coefficient (Wildman–Crippen LogP) is 4.57. The van der Waals surface area contributed by atoms with Crippen molar-refractivity contribution in [2.45, 2.75) is 71.4 Å². The molecule has 0 aromatic heterocycles. The normalized spacial score (nSPS) is 14.0. The number of methoxy groups -OCH3 is 1. The Kier molecular flexibility index (Phi) is 8.36. The van der Waals surface area contributed by atoms with Gasteiger partial charge < -0.3 is 10.1 Å². The molecule has 20 heavy (non-hydrogen) atoms.